The summed E-state index contributed by atoms with van der Waals surface area (Å²) in [6.07, 6.45) is 0.505. The zero-order chi connectivity index (χ0) is 12.5. The molecule has 6 heteroatoms. The summed E-state index contributed by atoms with van der Waals surface area (Å²) in [5.41, 5.74) is 7.60. The molecule has 0 amide bonds. The van der Waals surface area contributed by atoms with Gasteiger partial charge in [-0.15, -0.1) is 0 Å². The number of aromatic amines is 1. The Balaban J connectivity index is 1.86. The molecule has 92 valence electrons. The van der Waals surface area contributed by atoms with Gasteiger partial charge in [-0.25, -0.2) is 4.98 Å². The van der Waals surface area contributed by atoms with Gasteiger partial charge in [0.2, 0.25) is 5.89 Å². The number of benzene rings is 1. The third-order valence-corrected chi connectivity index (χ3v) is 2.64. The molecule has 0 bridgehead atoms. The fourth-order valence-corrected chi connectivity index (χ4v) is 1.76. The van der Waals surface area contributed by atoms with E-state index in [9.17, 15) is 0 Å². The molecule has 0 spiro atoms. The van der Waals surface area contributed by atoms with Crippen LogP contribution in [0.3, 0.4) is 0 Å². The topological polar surface area (TPSA) is 93.6 Å². The summed E-state index contributed by atoms with van der Waals surface area (Å²) in [4.78, 5) is 11.9. The van der Waals surface area contributed by atoms with E-state index in [1.807, 2.05) is 24.3 Å². The van der Waals surface area contributed by atoms with Gasteiger partial charge in [-0.3, -0.25) is 0 Å². The first-order valence-corrected chi connectivity index (χ1v) is 5.74. The van der Waals surface area contributed by atoms with Crippen molar-refractivity contribution in [3.8, 4) is 0 Å². The highest BCUT2D eigenvalue weighted by atomic mass is 16.5. The Morgan fingerprint density at radius 1 is 1.33 bits per heavy atom. The summed E-state index contributed by atoms with van der Waals surface area (Å²) < 4.78 is 5.04. The van der Waals surface area contributed by atoms with Crippen LogP contribution in [0.25, 0.3) is 11.0 Å². The van der Waals surface area contributed by atoms with Gasteiger partial charge in [0, 0.05) is 0 Å². The molecular weight excluding hydrogens is 230 g/mol. The van der Waals surface area contributed by atoms with Crippen molar-refractivity contribution < 1.29 is 4.52 Å². The third-order valence-electron chi connectivity index (χ3n) is 2.64. The zero-order valence-electron chi connectivity index (χ0n) is 9.92. The largest absolute Gasteiger partial charge is 0.342 e. The number of nitrogens with one attached hydrogen (secondary N) is 1. The van der Waals surface area contributed by atoms with Crippen molar-refractivity contribution >= 4 is 11.0 Å². The van der Waals surface area contributed by atoms with Crippen LogP contribution in [0.4, 0.5) is 0 Å². The van der Waals surface area contributed by atoms with Gasteiger partial charge in [0.05, 0.1) is 23.5 Å². The van der Waals surface area contributed by atoms with Gasteiger partial charge in [0.15, 0.2) is 5.82 Å². The molecule has 6 nitrogen and oxygen atoms in total. The standard InChI is InChI=1S/C12H13N5O/c1-7(13)12-16-11(17-18-12)6-10-14-8-4-2-3-5-9(8)15-10/h2-5,7H,6,13H2,1H3,(H,14,15). The third kappa shape index (κ3) is 1.98. The van der Waals surface area contributed by atoms with E-state index in [0.717, 1.165) is 16.9 Å². The summed E-state index contributed by atoms with van der Waals surface area (Å²) in [7, 11) is 0. The summed E-state index contributed by atoms with van der Waals surface area (Å²) in [5, 5.41) is 3.88. The second-order valence-corrected chi connectivity index (χ2v) is 4.21. The Labute approximate surface area is 103 Å². The Morgan fingerprint density at radius 2 is 2.17 bits per heavy atom. The molecule has 2 aromatic heterocycles. The minimum absolute atomic E-state index is 0.248. The van der Waals surface area contributed by atoms with Crippen LogP contribution in [0.1, 0.15) is 30.5 Å². The van der Waals surface area contributed by atoms with Gasteiger partial charge in [-0.2, -0.15) is 4.98 Å². The zero-order valence-corrected chi connectivity index (χ0v) is 9.92. The highest BCUT2D eigenvalue weighted by Crippen LogP contribution is 2.13. The van der Waals surface area contributed by atoms with E-state index in [1.54, 1.807) is 6.92 Å². The van der Waals surface area contributed by atoms with Gasteiger partial charge in [-0.05, 0) is 19.1 Å². The number of aromatic nitrogens is 4. The lowest BCUT2D eigenvalue weighted by Gasteiger charge is -1.92. The number of fused-ring (bicyclic) bond motifs is 1. The molecule has 1 atom stereocenters. The van der Waals surface area contributed by atoms with Crippen LogP contribution in [0, 0.1) is 0 Å². The van der Waals surface area contributed by atoms with E-state index in [2.05, 4.69) is 20.1 Å². The maximum atomic E-state index is 5.66. The van der Waals surface area contributed by atoms with Crippen molar-refractivity contribution in [2.75, 3.05) is 0 Å². The van der Waals surface area contributed by atoms with Gasteiger partial charge in [-0.1, -0.05) is 17.3 Å². The van der Waals surface area contributed by atoms with Crippen molar-refractivity contribution in [2.24, 2.45) is 5.73 Å². The lowest BCUT2D eigenvalue weighted by atomic mass is 10.3. The summed E-state index contributed by atoms with van der Waals surface area (Å²) in [6, 6.07) is 7.61. The first-order valence-electron chi connectivity index (χ1n) is 5.74. The number of hydrogen-bond acceptors (Lipinski definition) is 5. The predicted octanol–water partition coefficient (Wildman–Crippen LogP) is 1.56. The number of H-pyrrole nitrogens is 1. The number of imidazole rings is 1. The number of nitrogens with zero attached hydrogens (tertiary/aromatic N) is 3. The van der Waals surface area contributed by atoms with Gasteiger partial charge in [0.25, 0.3) is 0 Å². The minimum atomic E-state index is -0.248. The molecule has 3 rings (SSSR count). The first kappa shape index (κ1) is 10.9. The average Bonchev–Trinajstić information content (AvgIpc) is 2.94. The van der Waals surface area contributed by atoms with E-state index in [4.69, 9.17) is 10.3 Å². The number of nitrogens with two attached hydrogens (primary N) is 1. The van der Waals surface area contributed by atoms with E-state index >= 15 is 0 Å². The van der Waals surface area contributed by atoms with E-state index in [1.165, 1.54) is 0 Å². The molecule has 0 aliphatic carbocycles. The molecule has 0 aliphatic heterocycles. The van der Waals surface area contributed by atoms with Crippen LogP contribution in [-0.2, 0) is 6.42 Å². The van der Waals surface area contributed by atoms with Gasteiger partial charge < -0.3 is 15.2 Å². The smallest absolute Gasteiger partial charge is 0.243 e. The molecule has 0 fully saturated rings. The average molecular weight is 243 g/mol. The molecule has 2 heterocycles. The van der Waals surface area contributed by atoms with Crippen molar-refractivity contribution in [3.63, 3.8) is 0 Å². The second-order valence-electron chi connectivity index (χ2n) is 4.21. The van der Waals surface area contributed by atoms with Crippen LogP contribution in [0.2, 0.25) is 0 Å². The Hall–Kier alpha value is -2.21. The molecular formula is C12H13N5O. The number of para-hydroxylation sites is 2. The first-order chi connectivity index (χ1) is 8.72. The predicted molar refractivity (Wildman–Crippen MR) is 65.8 cm³/mol. The summed E-state index contributed by atoms with van der Waals surface area (Å²) in [6.45, 7) is 1.80. The Bertz CT molecular complexity index is 637. The highest BCUT2D eigenvalue weighted by Gasteiger charge is 2.12. The Kier molecular flexibility index (Phi) is 2.56. The molecule has 18 heavy (non-hydrogen) atoms. The van der Waals surface area contributed by atoms with Crippen LogP contribution in [0.15, 0.2) is 28.8 Å². The van der Waals surface area contributed by atoms with E-state index < -0.39 is 0 Å². The van der Waals surface area contributed by atoms with Crippen molar-refractivity contribution in [1.82, 2.24) is 20.1 Å². The maximum absolute atomic E-state index is 5.66. The monoisotopic (exact) mass is 243 g/mol. The maximum Gasteiger partial charge on any atom is 0.243 e. The molecule has 1 unspecified atom stereocenters. The second kappa shape index (κ2) is 4.23. The van der Waals surface area contributed by atoms with Crippen LogP contribution < -0.4 is 5.73 Å². The van der Waals surface area contributed by atoms with Crippen molar-refractivity contribution in [3.05, 3.63) is 41.8 Å². The quantitative estimate of drug-likeness (QED) is 0.728. The van der Waals surface area contributed by atoms with Crippen LogP contribution in [-0.4, -0.2) is 20.1 Å². The lowest BCUT2D eigenvalue weighted by molar-refractivity contribution is 0.357. The van der Waals surface area contributed by atoms with Crippen molar-refractivity contribution in [2.45, 2.75) is 19.4 Å². The van der Waals surface area contributed by atoms with E-state index in [-0.39, 0.29) is 6.04 Å². The fraction of sp³-hybridized carbons (Fsp3) is 0.250. The molecule has 0 aliphatic rings. The number of rotatable bonds is 3. The lowest BCUT2D eigenvalue weighted by Crippen LogP contribution is -2.05. The minimum Gasteiger partial charge on any atom is -0.342 e. The van der Waals surface area contributed by atoms with Crippen LogP contribution >= 0.6 is 0 Å². The summed E-state index contributed by atoms with van der Waals surface area (Å²) in [5.74, 6) is 1.84. The molecule has 0 saturated carbocycles. The van der Waals surface area contributed by atoms with E-state index in [0.29, 0.717) is 18.1 Å². The molecule has 3 aromatic rings. The Morgan fingerprint density at radius 3 is 2.89 bits per heavy atom. The fourth-order valence-electron chi connectivity index (χ4n) is 1.76. The highest BCUT2D eigenvalue weighted by molar-refractivity contribution is 5.74. The number of hydrogen-bond donors (Lipinski definition) is 2. The molecule has 0 saturated heterocycles. The SMILES string of the molecule is CC(N)c1nc(Cc2nc3ccccc3[nH]2)no1. The van der Waals surface area contributed by atoms with Gasteiger partial charge in [0.1, 0.15) is 5.82 Å². The van der Waals surface area contributed by atoms with Crippen molar-refractivity contribution in [1.29, 1.82) is 0 Å². The molecule has 3 N–H and O–H groups in total. The normalized spacial score (nSPS) is 13.0. The summed E-state index contributed by atoms with van der Waals surface area (Å²) >= 11 is 0. The van der Waals surface area contributed by atoms with Crippen LogP contribution in [0.5, 0.6) is 0 Å². The molecule has 0 radical (unpaired) electrons. The molecule has 1 aromatic carbocycles. The van der Waals surface area contributed by atoms with Gasteiger partial charge >= 0.3 is 0 Å².